The Kier molecular flexibility index (Phi) is 4.37. The molecule has 6 heteroatoms. The number of carbonyl (C=O) groups is 1. The van der Waals surface area contributed by atoms with E-state index in [0.717, 1.165) is 0 Å². The molecule has 0 bridgehead atoms. The number of aromatic nitrogens is 2. The van der Waals surface area contributed by atoms with E-state index >= 15 is 0 Å². The molecule has 0 fully saturated rings. The molecule has 0 unspecified atom stereocenters. The lowest BCUT2D eigenvalue weighted by molar-refractivity contribution is 0.102. The lowest BCUT2D eigenvalue weighted by Crippen LogP contribution is -2.18. The van der Waals surface area contributed by atoms with Crippen molar-refractivity contribution in [2.45, 2.75) is 13.8 Å². The standard InChI is InChI=1S/C16H17N5O/c1-10-14(11(2)19-16(18-10)21(3)4)20-15(22)13-7-5-6-12(8-13)9-17/h5-8H,1-4H3,(H,20,22). The summed E-state index contributed by atoms with van der Waals surface area (Å²) in [6, 6.07) is 8.57. The first kappa shape index (κ1) is 15.4. The summed E-state index contributed by atoms with van der Waals surface area (Å²) in [5.41, 5.74) is 2.86. The molecule has 1 aromatic heterocycles. The minimum absolute atomic E-state index is 0.287. The number of carbonyl (C=O) groups excluding carboxylic acids is 1. The highest BCUT2D eigenvalue weighted by molar-refractivity contribution is 6.05. The minimum Gasteiger partial charge on any atom is -0.347 e. The first-order chi connectivity index (χ1) is 10.4. The summed E-state index contributed by atoms with van der Waals surface area (Å²) in [4.78, 5) is 22.8. The van der Waals surface area contributed by atoms with Crippen LogP contribution in [0.3, 0.4) is 0 Å². The zero-order chi connectivity index (χ0) is 16.3. The third kappa shape index (κ3) is 3.20. The summed E-state index contributed by atoms with van der Waals surface area (Å²) in [6.45, 7) is 3.64. The predicted molar refractivity (Wildman–Crippen MR) is 84.9 cm³/mol. The second kappa shape index (κ2) is 6.22. The van der Waals surface area contributed by atoms with E-state index in [0.29, 0.717) is 34.2 Å². The van der Waals surface area contributed by atoms with Crippen LogP contribution in [0.5, 0.6) is 0 Å². The highest BCUT2D eigenvalue weighted by Gasteiger charge is 2.14. The molecule has 2 rings (SSSR count). The van der Waals surface area contributed by atoms with Crippen LogP contribution in [-0.2, 0) is 0 Å². The maximum Gasteiger partial charge on any atom is 0.255 e. The van der Waals surface area contributed by atoms with Gasteiger partial charge in [-0.2, -0.15) is 5.26 Å². The van der Waals surface area contributed by atoms with Crippen LogP contribution < -0.4 is 10.2 Å². The molecule has 1 aromatic carbocycles. The van der Waals surface area contributed by atoms with Crippen LogP contribution in [0.15, 0.2) is 24.3 Å². The smallest absolute Gasteiger partial charge is 0.255 e. The summed E-state index contributed by atoms with van der Waals surface area (Å²) in [5.74, 6) is 0.309. The summed E-state index contributed by atoms with van der Waals surface area (Å²) in [5, 5.41) is 11.7. The number of rotatable bonds is 3. The molecular weight excluding hydrogens is 278 g/mol. The van der Waals surface area contributed by atoms with Crippen molar-refractivity contribution in [3.05, 3.63) is 46.8 Å². The van der Waals surface area contributed by atoms with Gasteiger partial charge in [0.15, 0.2) is 0 Å². The Morgan fingerprint density at radius 3 is 2.41 bits per heavy atom. The van der Waals surface area contributed by atoms with Gasteiger partial charge >= 0.3 is 0 Å². The molecule has 22 heavy (non-hydrogen) atoms. The van der Waals surface area contributed by atoms with E-state index in [1.54, 1.807) is 24.3 Å². The van der Waals surface area contributed by atoms with E-state index in [1.165, 1.54) is 0 Å². The topological polar surface area (TPSA) is 81.9 Å². The van der Waals surface area contributed by atoms with E-state index in [-0.39, 0.29) is 5.91 Å². The molecule has 1 N–H and O–H groups in total. The first-order valence-corrected chi connectivity index (χ1v) is 6.76. The molecule has 0 aliphatic rings. The van der Waals surface area contributed by atoms with E-state index in [9.17, 15) is 4.79 Å². The molecule has 1 amide bonds. The number of amides is 1. The second-order valence-corrected chi connectivity index (χ2v) is 5.11. The molecule has 0 spiro atoms. The maximum atomic E-state index is 12.3. The Morgan fingerprint density at radius 2 is 1.86 bits per heavy atom. The number of benzene rings is 1. The molecule has 2 aromatic rings. The fraction of sp³-hybridized carbons (Fsp3) is 0.250. The van der Waals surface area contributed by atoms with Crippen LogP contribution in [0.1, 0.15) is 27.3 Å². The number of nitrogens with zero attached hydrogens (tertiary/aromatic N) is 4. The van der Waals surface area contributed by atoms with Gasteiger partial charge in [-0.25, -0.2) is 9.97 Å². The van der Waals surface area contributed by atoms with Crippen LogP contribution in [0.4, 0.5) is 11.6 Å². The average molecular weight is 295 g/mol. The van der Waals surface area contributed by atoms with Crippen molar-refractivity contribution in [2.75, 3.05) is 24.3 Å². The van der Waals surface area contributed by atoms with Gasteiger partial charge in [0, 0.05) is 19.7 Å². The van der Waals surface area contributed by atoms with Crippen molar-refractivity contribution in [3.63, 3.8) is 0 Å². The zero-order valence-corrected chi connectivity index (χ0v) is 13.0. The molecule has 0 aliphatic carbocycles. The van der Waals surface area contributed by atoms with Gasteiger partial charge in [0.1, 0.15) is 0 Å². The van der Waals surface area contributed by atoms with Gasteiger partial charge in [-0.05, 0) is 32.0 Å². The fourth-order valence-corrected chi connectivity index (χ4v) is 2.00. The summed E-state index contributed by atoms with van der Waals surface area (Å²) >= 11 is 0. The van der Waals surface area contributed by atoms with Crippen molar-refractivity contribution >= 4 is 17.5 Å². The molecule has 0 atom stereocenters. The average Bonchev–Trinajstić information content (AvgIpc) is 2.50. The molecular formula is C16H17N5O. The number of aryl methyl sites for hydroxylation is 2. The van der Waals surface area contributed by atoms with Gasteiger partial charge in [0.25, 0.3) is 5.91 Å². The van der Waals surface area contributed by atoms with Crippen LogP contribution in [-0.4, -0.2) is 30.0 Å². The Hall–Kier alpha value is -2.94. The number of nitriles is 1. The number of anilines is 2. The van der Waals surface area contributed by atoms with Crippen molar-refractivity contribution in [1.29, 1.82) is 5.26 Å². The van der Waals surface area contributed by atoms with Gasteiger partial charge < -0.3 is 10.2 Å². The van der Waals surface area contributed by atoms with Crippen molar-refractivity contribution in [2.24, 2.45) is 0 Å². The molecule has 1 heterocycles. The Balaban J connectivity index is 2.31. The van der Waals surface area contributed by atoms with Gasteiger partial charge in [-0.1, -0.05) is 6.07 Å². The van der Waals surface area contributed by atoms with Gasteiger partial charge in [-0.15, -0.1) is 0 Å². The van der Waals surface area contributed by atoms with Crippen LogP contribution in [0, 0.1) is 25.2 Å². The van der Waals surface area contributed by atoms with Crippen LogP contribution in [0.25, 0.3) is 0 Å². The zero-order valence-electron chi connectivity index (χ0n) is 13.0. The summed E-state index contributed by atoms with van der Waals surface area (Å²) in [7, 11) is 3.72. The molecule has 0 aliphatic heterocycles. The van der Waals surface area contributed by atoms with Gasteiger partial charge in [0.05, 0.1) is 28.7 Å². The van der Waals surface area contributed by atoms with Gasteiger partial charge in [0.2, 0.25) is 5.95 Å². The third-order valence-electron chi connectivity index (χ3n) is 3.15. The molecule has 112 valence electrons. The highest BCUT2D eigenvalue weighted by Crippen LogP contribution is 2.20. The van der Waals surface area contributed by atoms with E-state index in [1.807, 2.05) is 38.9 Å². The van der Waals surface area contributed by atoms with Crippen LogP contribution in [0.2, 0.25) is 0 Å². The lowest BCUT2D eigenvalue weighted by atomic mass is 10.1. The monoisotopic (exact) mass is 295 g/mol. The lowest BCUT2D eigenvalue weighted by Gasteiger charge is -2.15. The molecule has 0 saturated carbocycles. The molecule has 6 nitrogen and oxygen atoms in total. The predicted octanol–water partition coefficient (Wildman–Crippen LogP) is 2.28. The van der Waals surface area contributed by atoms with Gasteiger partial charge in [-0.3, -0.25) is 4.79 Å². The van der Waals surface area contributed by atoms with Crippen molar-refractivity contribution in [3.8, 4) is 6.07 Å². The number of nitrogens with one attached hydrogen (secondary N) is 1. The highest BCUT2D eigenvalue weighted by atomic mass is 16.1. The van der Waals surface area contributed by atoms with Crippen molar-refractivity contribution < 1.29 is 4.79 Å². The van der Waals surface area contributed by atoms with Crippen molar-refractivity contribution in [1.82, 2.24) is 9.97 Å². The molecule has 0 saturated heterocycles. The fourth-order valence-electron chi connectivity index (χ4n) is 2.00. The largest absolute Gasteiger partial charge is 0.347 e. The Bertz CT molecular complexity index is 738. The normalized spacial score (nSPS) is 9.95. The maximum absolute atomic E-state index is 12.3. The minimum atomic E-state index is -0.287. The Labute approximate surface area is 129 Å². The first-order valence-electron chi connectivity index (χ1n) is 6.76. The summed E-state index contributed by atoms with van der Waals surface area (Å²) < 4.78 is 0. The SMILES string of the molecule is Cc1nc(N(C)C)nc(C)c1NC(=O)c1cccc(C#N)c1. The number of hydrogen-bond donors (Lipinski definition) is 1. The van der Waals surface area contributed by atoms with E-state index in [2.05, 4.69) is 15.3 Å². The van der Waals surface area contributed by atoms with E-state index < -0.39 is 0 Å². The second-order valence-electron chi connectivity index (χ2n) is 5.11. The quantitative estimate of drug-likeness (QED) is 0.939. The Morgan fingerprint density at radius 1 is 1.23 bits per heavy atom. The third-order valence-corrected chi connectivity index (χ3v) is 3.15. The van der Waals surface area contributed by atoms with E-state index in [4.69, 9.17) is 5.26 Å². The molecule has 0 radical (unpaired) electrons. The van der Waals surface area contributed by atoms with Crippen LogP contribution >= 0.6 is 0 Å². The number of hydrogen-bond acceptors (Lipinski definition) is 5. The summed E-state index contributed by atoms with van der Waals surface area (Å²) in [6.07, 6.45) is 0.